The Kier molecular flexibility index (Phi) is 5.27. The Morgan fingerprint density at radius 3 is 2.53 bits per heavy atom. The van der Waals surface area contributed by atoms with E-state index >= 15 is 0 Å². The van der Waals surface area contributed by atoms with E-state index in [1.54, 1.807) is 0 Å². The van der Waals surface area contributed by atoms with E-state index in [9.17, 15) is 4.39 Å². The predicted molar refractivity (Wildman–Crippen MR) is 70.0 cm³/mol. The minimum atomic E-state index is -0.188. The number of benzene rings is 1. The van der Waals surface area contributed by atoms with Gasteiger partial charge in [0.25, 0.3) is 0 Å². The zero-order valence-electron chi connectivity index (χ0n) is 8.93. The van der Waals surface area contributed by atoms with Gasteiger partial charge in [0.05, 0.1) is 0 Å². The van der Waals surface area contributed by atoms with Gasteiger partial charge in [0.15, 0.2) is 0 Å². The van der Waals surface area contributed by atoms with Gasteiger partial charge in [-0.1, -0.05) is 51.8 Å². The van der Waals surface area contributed by atoms with Crippen LogP contribution in [0.25, 0.3) is 0 Å². The third-order valence-corrected chi connectivity index (χ3v) is 3.42. The quantitative estimate of drug-likeness (QED) is 0.682. The normalized spacial score (nSPS) is 15.0. The van der Waals surface area contributed by atoms with Gasteiger partial charge in [0.1, 0.15) is 5.82 Å². The van der Waals surface area contributed by atoms with Gasteiger partial charge in [0.2, 0.25) is 0 Å². The van der Waals surface area contributed by atoms with E-state index in [1.165, 1.54) is 17.7 Å². The minimum absolute atomic E-state index is 0.188. The molecule has 0 bridgehead atoms. The zero-order chi connectivity index (χ0) is 11.4. The fourth-order valence-electron chi connectivity index (χ4n) is 1.70. The first-order chi connectivity index (χ1) is 6.99. The van der Waals surface area contributed by atoms with E-state index in [1.807, 2.05) is 6.07 Å². The van der Waals surface area contributed by atoms with Crippen molar-refractivity contribution in [3.63, 3.8) is 0 Å². The molecule has 0 fully saturated rings. The Bertz CT molecular complexity index is 323. The molecule has 0 N–H and O–H groups in total. The molecule has 0 aromatic heterocycles. The summed E-state index contributed by atoms with van der Waals surface area (Å²) in [4.78, 5) is 0.534. The van der Waals surface area contributed by atoms with Gasteiger partial charge in [-0.05, 0) is 36.5 Å². The van der Waals surface area contributed by atoms with Crippen LogP contribution in [0.15, 0.2) is 22.7 Å². The van der Waals surface area contributed by atoms with Gasteiger partial charge in [-0.3, -0.25) is 0 Å². The smallest absolute Gasteiger partial charge is 0.124 e. The Balaban J connectivity index is 2.64. The van der Waals surface area contributed by atoms with E-state index in [0.29, 0.717) is 10.7 Å². The monoisotopic (exact) mass is 336 g/mol. The fourth-order valence-corrected chi connectivity index (χ4v) is 2.85. The van der Waals surface area contributed by atoms with Gasteiger partial charge in [0, 0.05) is 9.30 Å². The standard InChI is InChI=1S/C12H15Br2F/c1-8(5-9(2)13)6-10-3-4-11(15)7-12(10)14/h3-4,7-9H,5-6H2,1-2H3. The molecule has 0 amide bonds. The molecular formula is C12H15Br2F. The molecular weight excluding hydrogens is 323 g/mol. The molecule has 0 aliphatic carbocycles. The molecule has 15 heavy (non-hydrogen) atoms. The molecule has 2 atom stereocenters. The molecule has 1 rings (SSSR count). The molecule has 0 radical (unpaired) electrons. The predicted octanol–water partition coefficient (Wildman–Crippen LogP) is 4.94. The molecule has 3 heteroatoms. The van der Waals surface area contributed by atoms with Crippen LogP contribution in [-0.4, -0.2) is 4.83 Å². The Hall–Kier alpha value is 0.110. The third-order valence-electron chi connectivity index (χ3n) is 2.31. The second-order valence-corrected chi connectivity index (χ2v) is 6.48. The minimum Gasteiger partial charge on any atom is -0.207 e. The van der Waals surface area contributed by atoms with Crippen LogP contribution >= 0.6 is 31.9 Å². The van der Waals surface area contributed by atoms with Crippen molar-refractivity contribution in [3.05, 3.63) is 34.1 Å². The molecule has 0 nitrogen and oxygen atoms in total. The van der Waals surface area contributed by atoms with Crippen molar-refractivity contribution in [1.29, 1.82) is 0 Å². The molecule has 1 aromatic rings. The Morgan fingerprint density at radius 2 is 2.00 bits per heavy atom. The lowest BCUT2D eigenvalue weighted by atomic mass is 9.97. The van der Waals surface area contributed by atoms with Gasteiger partial charge < -0.3 is 0 Å². The number of halogens is 3. The molecule has 2 unspecified atom stereocenters. The molecule has 0 aliphatic rings. The van der Waals surface area contributed by atoms with Crippen LogP contribution < -0.4 is 0 Å². The summed E-state index contributed by atoms with van der Waals surface area (Å²) in [5.74, 6) is 0.410. The first-order valence-corrected chi connectivity index (χ1v) is 6.78. The Labute approximate surface area is 108 Å². The van der Waals surface area contributed by atoms with Crippen LogP contribution in [0.3, 0.4) is 0 Å². The van der Waals surface area contributed by atoms with Crippen molar-refractivity contribution in [2.24, 2.45) is 5.92 Å². The van der Waals surface area contributed by atoms with Crippen molar-refractivity contribution < 1.29 is 4.39 Å². The van der Waals surface area contributed by atoms with Crippen LogP contribution in [0.4, 0.5) is 4.39 Å². The van der Waals surface area contributed by atoms with Crippen LogP contribution in [0, 0.1) is 11.7 Å². The first-order valence-electron chi connectivity index (χ1n) is 5.07. The van der Waals surface area contributed by atoms with Crippen molar-refractivity contribution in [2.75, 3.05) is 0 Å². The number of rotatable bonds is 4. The maximum atomic E-state index is 12.9. The average molecular weight is 338 g/mol. The Morgan fingerprint density at radius 1 is 1.33 bits per heavy atom. The molecule has 0 heterocycles. The van der Waals surface area contributed by atoms with Gasteiger partial charge in [-0.2, -0.15) is 0 Å². The van der Waals surface area contributed by atoms with Crippen LogP contribution in [0.1, 0.15) is 25.8 Å². The summed E-state index contributed by atoms with van der Waals surface area (Å²) in [6.07, 6.45) is 2.11. The summed E-state index contributed by atoms with van der Waals surface area (Å²) in [5.41, 5.74) is 1.18. The maximum absolute atomic E-state index is 12.9. The van der Waals surface area contributed by atoms with E-state index in [0.717, 1.165) is 17.3 Å². The van der Waals surface area contributed by atoms with E-state index < -0.39 is 0 Å². The molecule has 0 saturated heterocycles. The highest BCUT2D eigenvalue weighted by Gasteiger charge is 2.09. The highest BCUT2D eigenvalue weighted by atomic mass is 79.9. The van der Waals surface area contributed by atoms with Crippen molar-refractivity contribution in [2.45, 2.75) is 31.5 Å². The van der Waals surface area contributed by atoms with E-state index in [-0.39, 0.29) is 5.82 Å². The molecule has 0 saturated carbocycles. The number of hydrogen-bond acceptors (Lipinski definition) is 0. The fraction of sp³-hybridized carbons (Fsp3) is 0.500. The largest absolute Gasteiger partial charge is 0.207 e. The number of hydrogen-bond donors (Lipinski definition) is 0. The van der Waals surface area contributed by atoms with Gasteiger partial charge in [-0.25, -0.2) is 4.39 Å². The summed E-state index contributed by atoms with van der Waals surface area (Å²) >= 11 is 6.94. The second-order valence-electron chi connectivity index (χ2n) is 4.06. The molecule has 1 aromatic carbocycles. The molecule has 0 aliphatic heterocycles. The second kappa shape index (κ2) is 6.00. The molecule has 84 valence electrons. The average Bonchev–Trinajstić information content (AvgIpc) is 2.08. The van der Waals surface area contributed by atoms with Crippen LogP contribution in [0.5, 0.6) is 0 Å². The van der Waals surface area contributed by atoms with Gasteiger partial charge >= 0.3 is 0 Å². The summed E-state index contributed by atoms with van der Waals surface area (Å²) in [6, 6.07) is 4.90. The molecule has 0 spiro atoms. The summed E-state index contributed by atoms with van der Waals surface area (Å²) < 4.78 is 13.7. The lowest BCUT2D eigenvalue weighted by Gasteiger charge is -2.14. The topological polar surface area (TPSA) is 0 Å². The van der Waals surface area contributed by atoms with Crippen LogP contribution in [0.2, 0.25) is 0 Å². The van der Waals surface area contributed by atoms with Crippen molar-refractivity contribution in [3.8, 4) is 0 Å². The highest BCUT2D eigenvalue weighted by molar-refractivity contribution is 9.10. The van der Waals surface area contributed by atoms with Gasteiger partial charge in [-0.15, -0.1) is 0 Å². The van der Waals surface area contributed by atoms with Crippen molar-refractivity contribution in [1.82, 2.24) is 0 Å². The summed E-state index contributed by atoms with van der Waals surface area (Å²) in [7, 11) is 0. The van der Waals surface area contributed by atoms with E-state index in [4.69, 9.17) is 0 Å². The third kappa shape index (κ3) is 4.64. The SMILES string of the molecule is CC(Br)CC(C)Cc1ccc(F)cc1Br. The number of alkyl halides is 1. The maximum Gasteiger partial charge on any atom is 0.124 e. The van der Waals surface area contributed by atoms with Crippen molar-refractivity contribution >= 4 is 31.9 Å². The lowest BCUT2D eigenvalue weighted by Crippen LogP contribution is -2.05. The van der Waals surface area contributed by atoms with Crippen LogP contribution in [-0.2, 0) is 6.42 Å². The first kappa shape index (κ1) is 13.2. The van der Waals surface area contributed by atoms with E-state index in [2.05, 4.69) is 45.7 Å². The summed E-state index contributed by atoms with van der Waals surface area (Å²) in [6.45, 7) is 4.36. The lowest BCUT2D eigenvalue weighted by molar-refractivity contribution is 0.530. The zero-order valence-corrected chi connectivity index (χ0v) is 12.1. The highest BCUT2D eigenvalue weighted by Crippen LogP contribution is 2.23. The summed E-state index contributed by atoms with van der Waals surface area (Å²) in [5, 5.41) is 0.